The molecule has 0 unspecified atom stereocenters. The molecule has 29 heavy (non-hydrogen) atoms. The Bertz CT molecular complexity index is 1040. The molecule has 1 aromatic heterocycles. The van der Waals surface area contributed by atoms with Crippen LogP contribution < -0.4 is 10.1 Å². The zero-order valence-corrected chi connectivity index (χ0v) is 18.8. The van der Waals surface area contributed by atoms with E-state index in [1.165, 1.54) is 18.9 Å². The molecule has 2 N–H and O–H groups in total. The average Bonchev–Trinajstić information content (AvgIpc) is 3.11. The lowest BCUT2D eigenvalue weighted by Gasteiger charge is -2.11. The average molecular weight is 498 g/mol. The van der Waals surface area contributed by atoms with Crippen molar-refractivity contribution in [2.75, 3.05) is 18.2 Å². The summed E-state index contributed by atoms with van der Waals surface area (Å²) in [6, 6.07) is 10.1. The minimum atomic E-state index is -0.229. The van der Waals surface area contributed by atoms with E-state index < -0.39 is 0 Å². The second-order valence-electron chi connectivity index (χ2n) is 5.89. The van der Waals surface area contributed by atoms with Gasteiger partial charge >= 0.3 is 0 Å². The number of thioether (sulfide) groups is 1. The third-order valence-electron chi connectivity index (χ3n) is 4.00. The van der Waals surface area contributed by atoms with Gasteiger partial charge in [0.15, 0.2) is 11.0 Å². The molecule has 0 bridgehead atoms. The van der Waals surface area contributed by atoms with Crippen LogP contribution in [-0.4, -0.2) is 38.6 Å². The van der Waals surface area contributed by atoms with Crippen LogP contribution in [0.1, 0.15) is 6.92 Å². The largest absolute Gasteiger partial charge is 0.507 e. The zero-order chi connectivity index (χ0) is 21.0. The number of aromatic hydroxyl groups is 1. The van der Waals surface area contributed by atoms with Gasteiger partial charge in [-0.3, -0.25) is 4.79 Å². The number of hydrogen-bond donors (Lipinski definition) is 2. The van der Waals surface area contributed by atoms with Crippen molar-refractivity contribution in [2.24, 2.45) is 0 Å². The summed E-state index contributed by atoms with van der Waals surface area (Å²) in [5.41, 5.74) is 1.07. The van der Waals surface area contributed by atoms with E-state index in [1.807, 2.05) is 11.5 Å². The van der Waals surface area contributed by atoms with Crippen molar-refractivity contribution in [3.63, 3.8) is 0 Å². The van der Waals surface area contributed by atoms with Crippen molar-refractivity contribution in [1.29, 1.82) is 0 Å². The summed E-state index contributed by atoms with van der Waals surface area (Å²) >= 11 is 10.6. The van der Waals surface area contributed by atoms with Crippen LogP contribution in [-0.2, 0) is 11.3 Å². The summed E-state index contributed by atoms with van der Waals surface area (Å²) in [6.07, 6.45) is 0. The number of carbonyl (C=O) groups is 1. The molecule has 3 aromatic rings. The normalized spacial score (nSPS) is 10.8. The van der Waals surface area contributed by atoms with E-state index >= 15 is 0 Å². The summed E-state index contributed by atoms with van der Waals surface area (Å²) in [7, 11) is 1.52. The smallest absolute Gasteiger partial charge is 0.234 e. The number of carbonyl (C=O) groups excluding carboxylic acids is 1. The van der Waals surface area contributed by atoms with Crippen molar-refractivity contribution in [1.82, 2.24) is 14.8 Å². The summed E-state index contributed by atoms with van der Waals surface area (Å²) in [4.78, 5) is 12.4. The Morgan fingerprint density at radius 2 is 2.10 bits per heavy atom. The molecule has 1 amide bonds. The molecular weight excluding hydrogens is 480 g/mol. The van der Waals surface area contributed by atoms with Crippen LogP contribution >= 0.6 is 39.3 Å². The molecule has 0 fully saturated rings. The standard InChI is InChI=1S/C19H18BrClN4O3S/c1-3-25-18(13-8-11(20)4-6-15(13)26)23-24-19(25)29-10-17(27)22-14-9-12(21)5-7-16(14)28-2/h4-9,26H,3,10H2,1-2H3,(H,22,27). The fourth-order valence-corrected chi connectivity index (χ4v) is 4.00. The first-order valence-corrected chi connectivity index (χ1v) is 10.8. The Morgan fingerprint density at radius 3 is 2.83 bits per heavy atom. The van der Waals surface area contributed by atoms with Gasteiger partial charge < -0.3 is 19.7 Å². The zero-order valence-electron chi connectivity index (χ0n) is 15.6. The lowest BCUT2D eigenvalue weighted by atomic mass is 10.2. The third kappa shape index (κ3) is 5.04. The maximum Gasteiger partial charge on any atom is 0.234 e. The van der Waals surface area contributed by atoms with Gasteiger partial charge in [0, 0.05) is 16.0 Å². The molecule has 2 aromatic carbocycles. The highest BCUT2D eigenvalue weighted by Gasteiger charge is 2.18. The number of methoxy groups -OCH3 is 1. The fraction of sp³-hybridized carbons (Fsp3) is 0.211. The number of phenols is 1. The van der Waals surface area contributed by atoms with Gasteiger partial charge in [-0.25, -0.2) is 0 Å². The van der Waals surface area contributed by atoms with Crippen molar-refractivity contribution < 1.29 is 14.6 Å². The molecule has 152 valence electrons. The number of nitrogens with zero attached hydrogens (tertiary/aromatic N) is 3. The molecule has 0 saturated carbocycles. The van der Waals surface area contributed by atoms with E-state index in [2.05, 4.69) is 31.4 Å². The van der Waals surface area contributed by atoms with Crippen LogP contribution in [0.15, 0.2) is 46.0 Å². The highest BCUT2D eigenvalue weighted by molar-refractivity contribution is 9.10. The predicted octanol–water partition coefficient (Wildman–Crippen LogP) is 4.83. The predicted molar refractivity (Wildman–Crippen MR) is 118 cm³/mol. The Hall–Kier alpha value is -2.23. The number of anilines is 1. The number of ether oxygens (including phenoxy) is 1. The van der Waals surface area contributed by atoms with Gasteiger partial charge in [-0.1, -0.05) is 39.3 Å². The summed E-state index contributed by atoms with van der Waals surface area (Å²) in [5, 5.41) is 22.4. The van der Waals surface area contributed by atoms with E-state index in [0.717, 1.165) is 4.47 Å². The molecule has 0 aliphatic heterocycles. The number of phenolic OH excluding ortho intramolecular Hbond substituents is 1. The van der Waals surface area contributed by atoms with Crippen LogP contribution in [0.4, 0.5) is 5.69 Å². The molecule has 0 aliphatic rings. The second-order valence-corrected chi connectivity index (χ2v) is 8.19. The molecule has 1 heterocycles. The molecule has 7 nitrogen and oxygen atoms in total. The Morgan fingerprint density at radius 1 is 1.31 bits per heavy atom. The maximum absolute atomic E-state index is 12.4. The van der Waals surface area contributed by atoms with E-state index in [0.29, 0.717) is 39.5 Å². The van der Waals surface area contributed by atoms with Crippen LogP contribution in [0.25, 0.3) is 11.4 Å². The Labute approximate surface area is 185 Å². The molecule has 10 heteroatoms. The van der Waals surface area contributed by atoms with Crippen molar-refractivity contribution in [2.45, 2.75) is 18.6 Å². The molecule has 0 saturated heterocycles. The third-order valence-corrected chi connectivity index (χ3v) is 5.70. The number of hydrogen-bond acceptors (Lipinski definition) is 6. The molecule has 3 rings (SSSR count). The van der Waals surface area contributed by atoms with Crippen LogP contribution in [0.3, 0.4) is 0 Å². The molecule has 0 aliphatic carbocycles. The van der Waals surface area contributed by atoms with Gasteiger partial charge in [-0.15, -0.1) is 10.2 Å². The van der Waals surface area contributed by atoms with Crippen LogP contribution in [0.5, 0.6) is 11.5 Å². The van der Waals surface area contributed by atoms with Gasteiger partial charge in [-0.05, 0) is 43.3 Å². The minimum absolute atomic E-state index is 0.109. The van der Waals surface area contributed by atoms with Crippen molar-refractivity contribution in [3.05, 3.63) is 45.9 Å². The van der Waals surface area contributed by atoms with Crippen molar-refractivity contribution >= 4 is 50.9 Å². The van der Waals surface area contributed by atoms with E-state index in [1.54, 1.807) is 36.4 Å². The Balaban J connectivity index is 1.75. The summed E-state index contributed by atoms with van der Waals surface area (Å²) in [6.45, 7) is 2.53. The monoisotopic (exact) mass is 496 g/mol. The summed E-state index contributed by atoms with van der Waals surface area (Å²) in [5.74, 6) is 1.06. The highest BCUT2D eigenvalue weighted by Crippen LogP contribution is 2.33. The lowest BCUT2D eigenvalue weighted by molar-refractivity contribution is -0.113. The quantitative estimate of drug-likeness (QED) is 0.455. The first-order chi connectivity index (χ1) is 13.9. The van der Waals surface area contributed by atoms with E-state index in [4.69, 9.17) is 16.3 Å². The van der Waals surface area contributed by atoms with E-state index in [-0.39, 0.29) is 17.4 Å². The second kappa shape index (κ2) is 9.51. The van der Waals surface area contributed by atoms with Crippen molar-refractivity contribution in [3.8, 4) is 22.9 Å². The number of benzene rings is 2. The molecule has 0 atom stereocenters. The fourth-order valence-electron chi connectivity index (χ4n) is 2.66. The van der Waals surface area contributed by atoms with Crippen LogP contribution in [0.2, 0.25) is 5.02 Å². The number of aromatic nitrogens is 3. The lowest BCUT2D eigenvalue weighted by Crippen LogP contribution is -2.15. The number of amides is 1. The first-order valence-electron chi connectivity index (χ1n) is 8.61. The molecule has 0 radical (unpaired) electrons. The SMILES string of the molecule is CCn1c(SCC(=O)Nc2cc(Cl)ccc2OC)nnc1-c1cc(Br)ccc1O. The Kier molecular flexibility index (Phi) is 7.05. The van der Waals surface area contributed by atoms with Gasteiger partial charge in [0.25, 0.3) is 0 Å². The highest BCUT2D eigenvalue weighted by atomic mass is 79.9. The minimum Gasteiger partial charge on any atom is -0.507 e. The first kappa shape index (κ1) is 21.5. The number of nitrogens with one attached hydrogen (secondary N) is 1. The number of rotatable bonds is 7. The molecular formula is C19H18BrClN4O3S. The molecule has 0 spiro atoms. The summed E-state index contributed by atoms with van der Waals surface area (Å²) < 4.78 is 7.91. The number of halogens is 2. The maximum atomic E-state index is 12.4. The van der Waals surface area contributed by atoms with Gasteiger partial charge in [-0.2, -0.15) is 0 Å². The van der Waals surface area contributed by atoms with E-state index in [9.17, 15) is 9.90 Å². The van der Waals surface area contributed by atoms with Gasteiger partial charge in [0.05, 0.1) is 24.1 Å². The van der Waals surface area contributed by atoms with Gasteiger partial charge in [0.1, 0.15) is 11.5 Å². The van der Waals surface area contributed by atoms with Gasteiger partial charge in [0.2, 0.25) is 5.91 Å². The topological polar surface area (TPSA) is 89.3 Å². The van der Waals surface area contributed by atoms with Crippen LogP contribution in [0, 0.1) is 0 Å².